The Kier molecular flexibility index (Phi) is 4.22. The summed E-state index contributed by atoms with van der Waals surface area (Å²) in [4.78, 5) is 24.1. The summed E-state index contributed by atoms with van der Waals surface area (Å²) in [5.74, 6) is -0.314. The van der Waals surface area contributed by atoms with E-state index in [2.05, 4.69) is 10.2 Å². The number of piperidine rings is 1. The van der Waals surface area contributed by atoms with Crippen molar-refractivity contribution in [2.75, 3.05) is 13.1 Å². The molecule has 2 aliphatic rings. The summed E-state index contributed by atoms with van der Waals surface area (Å²) in [5, 5.41) is 11.7. The lowest BCUT2D eigenvalue weighted by Gasteiger charge is -2.38. The summed E-state index contributed by atoms with van der Waals surface area (Å²) in [6.07, 6.45) is 4.68. The Morgan fingerprint density at radius 1 is 1.28 bits per heavy atom. The second-order valence-electron chi connectivity index (χ2n) is 5.54. The molecule has 0 saturated carbocycles. The molecule has 2 heterocycles. The van der Waals surface area contributed by atoms with Gasteiger partial charge in [-0.05, 0) is 31.6 Å². The van der Waals surface area contributed by atoms with Crippen LogP contribution in [0.2, 0.25) is 0 Å². The van der Waals surface area contributed by atoms with Gasteiger partial charge in [-0.2, -0.15) is 0 Å². The zero-order chi connectivity index (χ0) is 13.1. The van der Waals surface area contributed by atoms with Gasteiger partial charge >= 0.3 is 5.97 Å². The normalized spacial score (nSPS) is 31.3. The average Bonchev–Trinajstić information content (AvgIpc) is 2.51. The van der Waals surface area contributed by atoms with Crippen molar-refractivity contribution in [3.05, 3.63) is 0 Å². The third-order valence-corrected chi connectivity index (χ3v) is 4.19. The monoisotopic (exact) mass is 254 g/mol. The van der Waals surface area contributed by atoms with Gasteiger partial charge in [0.15, 0.2) is 0 Å². The number of hydrogen-bond acceptors (Lipinski definition) is 3. The number of aliphatic carboxylic acids is 1. The summed E-state index contributed by atoms with van der Waals surface area (Å²) in [6.45, 7) is 3.13. The van der Waals surface area contributed by atoms with Crippen LogP contribution in [-0.4, -0.2) is 47.1 Å². The molecule has 102 valence electrons. The maximum Gasteiger partial charge on any atom is 0.303 e. The third-order valence-electron chi connectivity index (χ3n) is 4.19. The van der Waals surface area contributed by atoms with Gasteiger partial charge in [0.05, 0.1) is 0 Å². The van der Waals surface area contributed by atoms with Gasteiger partial charge in [0.2, 0.25) is 5.91 Å². The van der Waals surface area contributed by atoms with Gasteiger partial charge in [-0.3, -0.25) is 14.5 Å². The molecule has 5 nitrogen and oxygen atoms in total. The quantitative estimate of drug-likeness (QED) is 0.763. The highest BCUT2D eigenvalue weighted by Gasteiger charge is 2.40. The standard InChI is InChI=1S/C13H22N2O3/c1-9(16)14-4-5-15-11-2-3-12(15)7-10(6-11)8-13(17)18/h10-12H,2-8H2,1H3,(H,14,16)(H,17,18). The summed E-state index contributed by atoms with van der Waals surface area (Å²) >= 11 is 0. The van der Waals surface area contributed by atoms with Crippen LogP contribution in [0, 0.1) is 5.92 Å². The zero-order valence-corrected chi connectivity index (χ0v) is 10.9. The van der Waals surface area contributed by atoms with Crippen molar-refractivity contribution in [2.45, 2.75) is 51.1 Å². The maximum atomic E-state index is 10.8. The molecule has 2 rings (SSSR count). The van der Waals surface area contributed by atoms with Crippen molar-refractivity contribution in [2.24, 2.45) is 5.92 Å². The summed E-state index contributed by atoms with van der Waals surface area (Å²) in [5.41, 5.74) is 0. The smallest absolute Gasteiger partial charge is 0.303 e. The molecule has 2 unspecified atom stereocenters. The number of carboxylic acid groups (broad SMARTS) is 1. The van der Waals surface area contributed by atoms with E-state index in [4.69, 9.17) is 5.11 Å². The lowest BCUT2D eigenvalue weighted by Crippen LogP contribution is -2.46. The fraction of sp³-hybridized carbons (Fsp3) is 0.846. The number of carbonyl (C=O) groups is 2. The summed E-state index contributed by atoms with van der Waals surface area (Å²) in [6, 6.07) is 1.06. The first-order chi connectivity index (χ1) is 8.56. The molecule has 2 bridgehead atoms. The van der Waals surface area contributed by atoms with E-state index in [0.717, 1.165) is 19.4 Å². The minimum Gasteiger partial charge on any atom is -0.481 e. The van der Waals surface area contributed by atoms with E-state index in [1.54, 1.807) is 0 Å². The van der Waals surface area contributed by atoms with Crippen molar-refractivity contribution in [1.82, 2.24) is 10.2 Å². The Hall–Kier alpha value is -1.10. The molecule has 0 aromatic carbocycles. The van der Waals surface area contributed by atoms with E-state index in [9.17, 15) is 9.59 Å². The van der Waals surface area contributed by atoms with E-state index in [0.29, 0.717) is 31.0 Å². The highest BCUT2D eigenvalue weighted by Crippen LogP contribution is 2.39. The minimum absolute atomic E-state index is 0.0168. The summed E-state index contributed by atoms with van der Waals surface area (Å²) in [7, 11) is 0. The van der Waals surface area contributed by atoms with Gasteiger partial charge < -0.3 is 10.4 Å². The molecule has 0 spiro atoms. The second kappa shape index (κ2) is 5.69. The Morgan fingerprint density at radius 2 is 1.89 bits per heavy atom. The van der Waals surface area contributed by atoms with Crippen LogP contribution < -0.4 is 5.32 Å². The van der Waals surface area contributed by atoms with E-state index in [-0.39, 0.29) is 5.91 Å². The number of carboxylic acids is 1. The van der Waals surface area contributed by atoms with E-state index in [1.807, 2.05) is 0 Å². The van der Waals surface area contributed by atoms with Crippen molar-refractivity contribution in [3.63, 3.8) is 0 Å². The van der Waals surface area contributed by atoms with Crippen LogP contribution in [0.1, 0.15) is 39.0 Å². The Balaban J connectivity index is 1.82. The average molecular weight is 254 g/mol. The van der Waals surface area contributed by atoms with Gasteiger partial charge in [0, 0.05) is 38.5 Å². The van der Waals surface area contributed by atoms with Crippen molar-refractivity contribution in [1.29, 1.82) is 0 Å². The van der Waals surface area contributed by atoms with Gasteiger partial charge in [0.1, 0.15) is 0 Å². The molecule has 0 aromatic rings. The lowest BCUT2D eigenvalue weighted by molar-refractivity contribution is -0.138. The predicted octanol–water partition coefficient (Wildman–Crippen LogP) is 0.840. The van der Waals surface area contributed by atoms with Crippen LogP contribution >= 0.6 is 0 Å². The largest absolute Gasteiger partial charge is 0.481 e. The number of amides is 1. The fourth-order valence-electron chi connectivity index (χ4n) is 3.53. The fourth-order valence-corrected chi connectivity index (χ4v) is 3.53. The molecule has 18 heavy (non-hydrogen) atoms. The van der Waals surface area contributed by atoms with Crippen molar-refractivity contribution >= 4 is 11.9 Å². The molecular formula is C13H22N2O3. The number of rotatable bonds is 5. The second-order valence-corrected chi connectivity index (χ2v) is 5.54. The number of carbonyl (C=O) groups excluding carboxylic acids is 1. The number of fused-ring (bicyclic) bond motifs is 2. The Morgan fingerprint density at radius 3 is 2.39 bits per heavy atom. The van der Waals surface area contributed by atoms with Gasteiger partial charge in [-0.25, -0.2) is 0 Å². The first-order valence-corrected chi connectivity index (χ1v) is 6.78. The van der Waals surface area contributed by atoms with Crippen LogP contribution in [0.25, 0.3) is 0 Å². The molecular weight excluding hydrogens is 232 g/mol. The van der Waals surface area contributed by atoms with Crippen LogP contribution in [0.3, 0.4) is 0 Å². The zero-order valence-electron chi connectivity index (χ0n) is 10.9. The van der Waals surface area contributed by atoms with Crippen LogP contribution in [0.4, 0.5) is 0 Å². The Labute approximate surface area is 108 Å². The van der Waals surface area contributed by atoms with Gasteiger partial charge in [-0.1, -0.05) is 0 Å². The first-order valence-electron chi connectivity index (χ1n) is 6.78. The number of nitrogens with zero attached hydrogens (tertiary/aromatic N) is 1. The lowest BCUT2D eigenvalue weighted by atomic mass is 9.88. The summed E-state index contributed by atoms with van der Waals surface area (Å²) < 4.78 is 0. The molecule has 0 aromatic heterocycles. The Bertz CT molecular complexity index is 318. The number of hydrogen-bond donors (Lipinski definition) is 2. The van der Waals surface area contributed by atoms with Crippen LogP contribution in [0.5, 0.6) is 0 Å². The molecule has 5 heteroatoms. The topological polar surface area (TPSA) is 69.6 Å². The van der Waals surface area contributed by atoms with Crippen molar-refractivity contribution < 1.29 is 14.7 Å². The molecule has 2 N–H and O–H groups in total. The minimum atomic E-state index is -0.675. The third kappa shape index (κ3) is 3.22. The molecule has 2 saturated heterocycles. The van der Waals surface area contributed by atoms with E-state index in [1.165, 1.54) is 19.8 Å². The van der Waals surface area contributed by atoms with Gasteiger partial charge in [0.25, 0.3) is 0 Å². The molecule has 2 aliphatic heterocycles. The molecule has 2 atom stereocenters. The van der Waals surface area contributed by atoms with Crippen LogP contribution in [0.15, 0.2) is 0 Å². The highest BCUT2D eigenvalue weighted by molar-refractivity contribution is 5.72. The molecule has 2 fully saturated rings. The molecule has 0 aliphatic carbocycles. The van der Waals surface area contributed by atoms with Crippen molar-refractivity contribution in [3.8, 4) is 0 Å². The molecule has 0 radical (unpaired) electrons. The predicted molar refractivity (Wildman–Crippen MR) is 67.2 cm³/mol. The maximum absolute atomic E-state index is 10.8. The molecule has 1 amide bonds. The van der Waals surface area contributed by atoms with E-state index >= 15 is 0 Å². The first kappa shape index (κ1) is 13.3. The SMILES string of the molecule is CC(=O)NCCN1C2CCC1CC(CC(=O)O)C2. The van der Waals surface area contributed by atoms with Gasteiger partial charge in [-0.15, -0.1) is 0 Å². The number of nitrogens with one attached hydrogen (secondary N) is 1. The van der Waals surface area contributed by atoms with E-state index < -0.39 is 5.97 Å². The highest BCUT2D eigenvalue weighted by atomic mass is 16.4. The van der Waals surface area contributed by atoms with Crippen LogP contribution in [-0.2, 0) is 9.59 Å².